The molecule has 0 aromatic carbocycles. The Morgan fingerprint density at radius 3 is 2.76 bits per heavy atom. The van der Waals surface area contributed by atoms with E-state index in [1.165, 1.54) is 11.3 Å². The Morgan fingerprint density at radius 2 is 1.87 bits per heavy atom. The van der Waals surface area contributed by atoms with Crippen molar-refractivity contribution >= 4 is 81.7 Å². The highest BCUT2D eigenvalue weighted by Crippen LogP contribution is 2.33. The summed E-state index contributed by atoms with van der Waals surface area (Å²) >= 11 is 1.49. The molecule has 0 saturated heterocycles. The first kappa shape index (κ1) is 21.6. The van der Waals surface area contributed by atoms with Crippen LogP contribution in [0, 0.1) is 11.7 Å². The van der Waals surface area contributed by atoms with Gasteiger partial charge in [-0.25, -0.2) is 9.37 Å². The normalized spacial score (nSPS) is 14.6. The highest BCUT2D eigenvalue weighted by molar-refractivity contribution is 7.24. The summed E-state index contributed by atoms with van der Waals surface area (Å²) in [5.74, 6) is -0.575. The molecule has 1 saturated carbocycles. The van der Waals surface area contributed by atoms with E-state index >= 15 is 4.39 Å². The predicted octanol–water partition coefficient (Wildman–Crippen LogP) is 6.19. The van der Waals surface area contributed by atoms with Crippen LogP contribution in [0.1, 0.15) is 30.5 Å². The van der Waals surface area contributed by atoms with Crippen LogP contribution in [0.25, 0.3) is 64.4 Å². The van der Waals surface area contributed by atoms with Gasteiger partial charge in [-0.15, -0.1) is 11.3 Å². The number of carbonyl (C=O) groups is 1. The number of halogens is 1. The van der Waals surface area contributed by atoms with Crippen molar-refractivity contribution in [2.45, 2.75) is 25.7 Å². The lowest BCUT2D eigenvalue weighted by Gasteiger charge is -2.12. The van der Waals surface area contributed by atoms with Crippen LogP contribution in [-0.2, 0) is 0 Å². The van der Waals surface area contributed by atoms with E-state index in [0.29, 0.717) is 38.6 Å². The zero-order valence-corrected chi connectivity index (χ0v) is 20.7. The summed E-state index contributed by atoms with van der Waals surface area (Å²) in [5, 5.41) is 8.81. The summed E-state index contributed by atoms with van der Waals surface area (Å²) in [5.41, 5.74) is 3.34. The second-order valence-corrected chi connectivity index (χ2v) is 10.7. The van der Waals surface area contributed by atoms with Crippen molar-refractivity contribution in [2.24, 2.45) is 5.92 Å². The number of aromatic nitrogens is 8. The van der Waals surface area contributed by atoms with E-state index in [-0.39, 0.29) is 22.7 Å². The SMILES string of the molecule is O=C(C1CCCC1)n1c2cncc(c2)c2ncc3[nH]nc(c4nc5c(cncc5c5ccc1s5)[nH]4)c3c2F. The molecule has 7 aromatic rings. The van der Waals surface area contributed by atoms with Gasteiger partial charge in [0.25, 0.3) is 0 Å². The zero-order chi connectivity index (χ0) is 25.4. The van der Waals surface area contributed by atoms with Gasteiger partial charge in [0.2, 0.25) is 5.91 Å². The predicted molar refractivity (Wildman–Crippen MR) is 145 cm³/mol. The number of hydrogen-bond acceptors (Lipinski definition) is 7. The maximum atomic E-state index is 16.1. The average molecular weight is 523 g/mol. The topological polar surface area (TPSA) is 118 Å². The Bertz CT molecular complexity index is 2150. The van der Waals surface area contributed by atoms with Crippen molar-refractivity contribution < 1.29 is 9.18 Å². The number of pyridine rings is 3. The first-order chi connectivity index (χ1) is 18.7. The monoisotopic (exact) mass is 522 g/mol. The van der Waals surface area contributed by atoms with Crippen LogP contribution < -0.4 is 0 Å². The molecule has 11 heteroatoms. The molecule has 0 amide bonds. The molecule has 1 fully saturated rings. The molecule has 1 aliphatic rings. The number of nitrogens with zero attached hydrogens (tertiary/aromatic N) is 6. The summed E-state index contributed by atoms with van der Waals surface area (Å²) in [4.78, 5) is 35.9. The van der Waals surface area contributed by atoms with Crippen LogP contribution in [0.5, 0.6) is 0 Å². The summed E-state index contributed by atoms with van der Waals surface area (Å²) < 4.78 is 18.8. The number of fused-ring (bicyclic) bond motifs is 9. The molecule has 0 radical (unpaired) electrons. The number of nitrogens with one attached hydrogen (secondary N) is 2. The van der Waals surface area contributed by atoms with Crippen molar-refractivity contribution in [3.05, 3.63) is 55.0 Å². The number of hydrogen-bond donors (Lipinski definition) is 2. The quantitative estimate of drug-likeness (QED) is 0.265. The van der Waals surface area contributed by atoms with Crippen LogP contribution in [0.15, 0.2) is 49.2 Å². The van der Waals surface area contributed by atoms with E-state index in [2.05, 4.69) is 30.1 Å². The Morgan fingerprint density at radius 1 is 1.00 bits per heavy atom. The van der Waals surface area contributed by atoms with E-state index < -0.39 is 5.82 Å². The fourth-order valence-electron chi connectivity index (χ4n) is 5.56. The van der Waals surface area contributed by atoms with Gasteiger partial charge in [-0.2, -0.15) is 5.10 Å². The highest BCUT2D eigenvalue weighted by atomic mass is 32.1. The molecule has 0 atom stereocenters. The van der Waals surface area contributed by atoms with Crippen molar-refractivity contribution in [1.29, 1.82) is 0 Å². The first-order valence-electron chi connectivity index (χ1n) is 12.4. The minimum Gasteiger partial charge on any atom is -0.335 e. The lowest BCUT2D eigenvalue weighted by atomic mass is 10.1. The second-order valence-electron chi connectivity index (χ2n) is 9.68. The summed E-state index contributed by atoms with van der Waals surface area (Å²) in [6.45, 7) is 0. The van der Waals surface area contributed by atoms with Gasteiger partial charge in [-0.1, -0.05) is 12.8 Å². The molecule has 0 aliphatic heterocycles. The zero-order valence-electron chi connectivity index (χ0n) is 19.9. The van der Waals surface area contributed by atoms with Crippen LogP contribution >= 0.6 is 11.3 Å². The van der Waals surface area contributed by atoms with Crippen LogP contribution in [0.4, 0.5) is 4.39 Å². The number of rotatable bonds is 1. The van der Waals surface area contributed by atoms with Gasteiger partial charge in [0.1, 0.15) is 21.4 Å². The van der Waals surface area contributed by atoms with E-state index in [1.807, 2.05) is 12.1 Å². The molecular weight excluding hydrogens is 503 g/mol. The third-order valence-corrected chi connectivity index (χ3v) is 8.52. The number of imidazole rings is 1. The van der Waals surface area contributed by atoms with Gasteiger partial charge in [-0.3, -0.25) is 29.4 Å². The molecule has 8 rings (SSSR count). The molecule has 0 unspecified atom stereocenters. The fourth-order valence-corrected chi connectivity index (χ4v) is 6.61. The third kappa shape index (κ3) is 3.08. The smallest absolute Gasteiger partial charge is 0.235 e. The Labute approximate surface area is 217 Å². The number of H-pyrrole nitrogens is 2. The molecule has 7 aromatic heterocycles. The van der Waals surface area contributed by atoms with Gasteiger partial charge < -0.3 is 4.98 Å². The van der Waals surface area contributed by atoms with Crippen molar-refractivity contribution in [3.63, 3.8) is 0 Å². The largest absolute Gasteiger partial charge is 0.335 e. The van der Waals surface area contributed by atoms with Gasteiger partial charge in [0.15, 0.2) is 11.5 Å². The summed E-state index contributed by atoms with van der Waals surface area (Å²) in [6.07, 6.45) is 12.0. The fraction of sp³-hybridized carbons (Fsp3) is 0.185. The van der Waals surface area contributed by atoms with Gasteiger partial charge in [0, 0.05) is 33.8 Å². The van der Waals surface area contributed by atoms with Crippen molar-refractivity contribution in [1.82, 2.24) is 39.7 Å². The number of aromatic amines is 2. The second kappa shape index (κ2) is 7.99. The van der Waals surface area contributed by atoms with Crippen molar-refractivity contribution in [2.75, 3.05) is 0 Å². The Hall–Kier alpha value is -4.51. The Kier molecular flexibility index (Phi) is 4.54. The minimum atomic E-state index is -0.537. The molecule has 0 spiro atoms. The molecule has 186 valence electrons. The first-order valence-corrected chi connectivity index (χ1v) is 13.2. The average Bonchev–Trinajstić information content (AvgIpc) is 3.74. The lowest BCUT2D eigenvalue weighted by molar-refractivity contribution is 0.0847. The van der Waals surface area contributed by atoms with E-state index in [9.17, 15) is 4.79 Å². The van der Waals surface area contributed by atoms with Gasteiger partial charge >= 0.3 is 0 Å². The van der Waals surface area contributed by atoms with Gasteiger partial charge in [0.05, 0.1) is 40.5 Å². The molecule has 9 nitrogen and oxygen atoms in total. The molecule has 38 heavy (non-hydrogen) atoms. The molecule has 8 bridgehead atoms. The van der Waals surface area contributed by atoms with E-state index in [4.69, 9.17) is 4.98 Å². The lowest BCUT2D eigenvalue weighted by Crippen LogP contribution is -2.19. The summed E-state index contributed by atoms with van der Waals surface area (Å²) in [7, 11) is 0. The highest BCUT2D eigenvalue weighted by Gasteiger charge is 2.25. The van der Waals surface area contributed by atoms with E-state index in [1.54, 1.807) is 41.6 Å². The maximum Gasteiger partial charge on any atom is 0.235 e. The van der Waals surface area contributed by atoms with Crippen LogP contribution in [0.3, 0.4) is 0 Å². The van der Waals surface area contributed by atoms with Crippen LogP contribution in [0.2, 0.25) is 0 Å². The standard InChI is InChI=1S/C27H19FN8OS/c28-22-21-17-12-31-23(22)14-7-15(9-29-8-14)36(27(37)13-3-1-2-4-13)20-6-5-19(38-20)16-10-30-11-18-24(16)33-26(32-18)25(21)35-34-17/h5-13H,1-4H2,(H,32,33)(H,34,35). The molecule has 7 heterocycles. The van der Waals surface area contributed by atoms with Gasteiger partial charge in [-0.05, 0) is 31.0 Å². The van der Waals surface area contributed by atoms with E-state index in [0.717, 1.165) is 40.6 Å². The number of carbonyl (C=O) groups excluding carboxylic acids is 1. The minimum absolute atomic E-state index is 0.0264. The van der Waals surface area contributed by atoms with Crippen LogP contribution in [-0.4, -0.2) is 45.6 Å². The third-order valence-electron chi connectivity index (χ3n) is 7.42. The summed E-state index contributed by atoms with van der Waals surface area (Å²) in [6, 6.07) is 5.70. The maximum absolute atomic E-state index is 16.1. The molecule has 2 N–H and O–H groups in total. The molecular formula is C27H19FN8OS. The molecule has 1 aliphatic carbocycles. The number of thiophene rings is 1. The van der Waals surface area contributed by atoms with Crippen molar-refractivity contribution in [3.8, 4) is 0 Å². The Balaban J connectivity index is 1.62.